The minimum absolute atomic E-state index is 0.0272. The van der Waals surface area contributed by atoms with E-state index in [1.165, 1.54) is 16.9 Å². The fraction of sp³-hybridized carbons (Fsp3) is 0.208. The summed E-state index contributed by atoms with van der Waals surface area (Å²) in [4.78, 5) is 20.6. The van der Waals surface area contributed by atoms with E-state index < -0.39 is 0 Å². The average Bonchev–Trinajstić information content (AvgIpc) is 3.14. The maximum atomic E-state index is 13.6. The molecule has 150 valence electrons. The SMILES string of the molecule is Cc1ccc(-n2c(NN=Cc3ccccc3)nc3sc4c(c3c2=O)CCCC4)cc1. The number of aromatic nitrogens is 2. The number of benzene rings is 2. The number of thiophene rings is 1. The molecule has 0 saturated carbocycles. The number of nitrogens with zero attached hydrogens (tertiary/aromatic N) is 3. The van der Waals surface area contributed by atoms with Crippen LogP contribution in [-0.4, -0.2) is 15.8 Å². The number of rotatable bonds is 4. The van der Waals surface area contributed by atoms with Crippen LogP contribution in [0.3, 0.4) is 0 Å². The summed E-state index contributed by atoms with van der Waals surface area (Å²) in [6.45, 7) is 2.03. The highest BCUT2D eigenvalue weighted by atomic mass is 32.1. The van der Waals surface area contributed by atoms with Crippen LogP contribution in [0.15, 0.2) is 64.5 Å². The molecule has 2 aromatic heterocycles. The first-order valence-corrected chi connectivity index (χ1v) is 11.0. The smallest absolute Gasteiger partial charge is 0.268 e. The molecule has 0 atom stereocenters. The van der Waals surface area contributed by atoms with E-state index in [9.17, 15) is 4.79 Å². The molecule has 1 aliphatic carbocycles. The van der Waals surface area contributed by atoms with Gasteiger partial charge in [0.05, 0.1) is 17.3 Å². The lowest BCUT2D eigenvalue weighted by atomic mass is 9.97. The third-order valence-corrected chi connectivity index (χ3v) is 6.64. The van der Waals surface area contributed by atoms with Crippen LogP contribution >= 0.6 is 11.3 Å². The van der Waals surface area contributed by atoms with Crippen LogP contribution in [0.1, 0.15) is 34.4 Å². The van der Waals surface area contributed by atoms with Gasteiger partial charge in [0.15, 0.2) is 0 Å². The van der Waals surface area contributed by atoms with Crippen molar-refractivity contribution in [1.29, 1.82) is 0 Å². The van der Waals surface area contributed by atoms with Crippen molar-refractivity contribution in [2.24, 2.45) is 5.10 Å². The molecule has 5 nitrogen and oxygen atoms in total. The molecule has 0 saturated heterocycles. The number of anilines is 1. The summed E-state index contributed by atoms with van der Waals surface area (Å²) >= 11 is 1.65. The fourth-order valence-corrected chi connectivity index (χ4v) is 5.17. The largest absolute Gasteiger partial charge is 0.268 e. The van der Waals surface area contributed by atoms with Gasteiger partial charge in [-0.1, -0.05) is 48.0 Å². The molecule has 0 spiro atoms. The first-order chi connectivity index (χ1) is 14.7. The summed E-state index contributed by atoms with van der Waals surface area (Å²) in [6.07, 6.45) is 6.03. The van der Waals surface area contributed by atoms with E-state index in [4.69, 9.17) is 4.98 Å². The van der Waals surface area contributed by atoms with E-state index in [1.807, 2.05) is 61.5 Å². The van der Waals surface area contributed by atoms with Crippen LogP contribution in [0.2, 0.25) is 0 Å². The van der Waals surface area contributed by atoms with Crippen LogP contribution in [-0.2, 0) is 12.8 Å². The molecule has 4 aromatic rings. The molecule has 0 amide bonds. The lowest BCUT2D eigenvalue weighted by Gasteiger charge is -2.13. The molecule has 6 heteroatoms. The molecule has 5 rings (SSSR count). The summed E-state index contributed by atoms with van der Waals surface area (Å²) in [5.74, 6) is 0.433. The van der Waals surface area contributed by atoms with E-state index in [-0.39, 0.29) is 5.56 Å². The maximum absolute atomic E-state index is 13.6. The van der Waals surface area contributed by atoms with Crippen molar-refractivity contribution in [3.05, 3.63) is 86.5 Å². The van der Waals surface area contributed by atoms with Crippen LogP contribution in [0, 0.1) is 6.92 Å². The average molecular weight is 415 g/mol. The van der Waals surface area contributed by atoms with E-state index >= 15 is 0 Å². The Bertz CT molecular complexity index is 1290. The Morgan fingerprint density at radius 2 is 1.83 bits per heavy atom. The van der Waals surface area contributed by atoms with E-state index in [1.54, 1.807) is 22.1 Å². The number of hydrogen-bond acceptors (Lipinski definition) is 5. The van der Waals surface area contributed by atoms with Gasteiger partial charge >= 0.3 is 0 Å². The van der Waals surface area contributed by atoms with Gasteiger partial charge < -0.3 is 0 Å². The van der Waals surface area contributed by atoms with Gasteiger partial charge in [0, 0.05) is 4.88 Å². The molecule has 30 heavy (non-hydrogen) atoms. The summed E-state index contributed by atoms with van der Waals surface area (Å²) in [7, 11) is 0. The van der Waals surface area contributed by atoms with Gasteiger partial charge in [-0.2, -0.15) is 5.10 Å². The van der Waals surface area contributed by atoms with Crippen molar-refractivity contribution in [1.82, 2.24) is 9.55 Å². The van der Waals surface area contributed by atoms with Crippen molar-refractivity contribution in [3.63, 3.8) is 0 Å². The molecular weight excluding hydrogens is 392 g/mol. The van der Waals surface area contributed by atoms with Crippen molar-refractivity contribution in [2.45, 2.75) is 32.6 Å². The number of fused-ring (bicyclic) bond motifs is 3. The highest BCUT2D eigenvalue weighted by Gasteiger charge is 2.22. The van der Waals surface area contributed by atoms with E-state index in [0.717, 1.165) is 46.3 Å². The van der Waals surface area contributed by atoms with Crippen molar-refractivity contribution in [3.8, 4) is 5.69 Å². The Balaban J connectivity index is 1.65. The third-order valence-electron chi connectivity index (χ3n) is 5.46. The van der Waals surface area contributed by atoms with Crippen molar-refractivity contribution >= 4 is 33.7 Å². The second kappa shape index (κ2) is 7.88. The third kappa shape index (κ3) is 3.44. The zero-order valence-corrected chi connectivity index (χ0v) is 17.6. The molecule has 2 heterocycles. The van der Waals surface area contributed by atoms with Crippen LogP contribution in [0.25, 0.3) is 15.9 Å². The second-order valence-corrected chi connectivity index (χ2v) is 8.67. The van der Waals surface area contributed by atoms with Gasteiger partial charge in [0.2, 0.25) is 5.95 Å². The molecule has 0 aliphatic heterocycles. The molecule has 1 N–H and O–H groups in total. The monoisotopic (exact) mass is 414 g/mol. The Morgan fingerprint density at radius 1 is 1.07 bits per heavy atom. The zero-order valence-electron chi connectivity index (χ0n) is 16.8. The van der Waals surface area contributed by atoms with Gasteiger partial charge in [-0.15, -0.1) is 11.3 Å². The minimum atomic E-state index is -0.0272. The highest BCUT2D eigenvalue weighted by molar-refractivity contribution is 7.18. The Hall–Kier alpha value is -3.25. The first kappa shape index (κ1) is 18.8. The Kier molecular flexibility index (Phi) is 4.93. The number of hydrazone groups is 1. The van der Waals surface area contributed by atoms with Gasteiger partial charge in [-0.05, 0) is 55.9 Å². The van der Waals surface area contributed by atoms with Gasteiger partial charge in [0.1, 0.15) is 4.83 Å². The summed E-state index contributed by atoms with van der Waals surface area (Å²) in [5, 5.41) is 5.12. The van der Waals surface area contributed by atoms with Gasteiger partial charge in [-0.3, -0.25) is 4.79 Å². The maximum Gasteiger partial charge on any atom is 0.268 e. The standard InChI is InChI=1S/C24H22N4OS/c1-16-11-13-18(14-12-16)28-23(29)21-19-9-5-6-10-20(19)30-22(21)26-24(28)27-25-15-17-7-3-2-4-8-17/h2-4,7-8,11-15H,5-6,9-10H2,1H3,(H,26,27). The van der Waals surface area contributed by atoms with Gasteiger partial charge in [-0.25, -0.2) is 15.0 Å². The van der Waals surface area contributed by atoms with Crippen molar-refractivity contribution in [2.75, 3.05) is 5.43 Å². The summed E-state index contributed by atoms with van der Waals surface area (Å²) in [5.41, 5.74) is 7.09. The number of aryl methyl sites for hydroxylation is 3. The quantitative estimate of drug-likeness (QED) is 0.374. The topological polar surface area (TPSA) is 59.3 Å². The molecular formula is C24H22N4OS. The second-order valence-electron chi connectivity index (χ2n) is 7.58. The minimum Gasteiger partial charge on any atom is -0.268 e. The number of hydrogen-bond donors (Lipinski definition) is 1. The number of nitrogens with one attached hydrogen (secondary N) is 1. The molecule has 0 unspecified atom stereocenters. The van der Waals surface area contributed by atoms with Crippen LogP contribution in [0.4, 0.5) is 5.95 Å². The van der Waals surface area contributed by atoms with Gasteiger partial charge in [0.25, 0.3) is 5.56 Å². The molecule has 2 aromatic carbocycles. The normalized spacial score (nSPS) is 13.6. The van der Waals surface area contributed by atoms with Crippen LogP contribution in [0.5, 0.6) is 0 Å². The lowest BCUT2D eigenvalue weighted by molar-refractivity contribution is 0.699. The Morgan fingerprint density at radius 3 is 2.63 bits per heavy atom. The summed E-state index contributed by atoms with van der Waals surface area (Å²) in [6, 6.07) is 17.8. The Labute approximate surface area is 178 Å². The first-order valence-electron chi connectivity index (χ1n) is 10.2. The van der Waals surface area contributed by atoms with Crippen LogP contribution < -0.4 is 11.0 Å². The molecule has 0 bridgehead atoms. The fourth-order valence-electron chi connectivity index (χ4n) is 3.92. The summed E-state index contributed by atoms with van der Waals surface area (Å²) < 4.78 is 1.64. The molecule has 0 fully saturated rings. The van der Waals surface area contributed by atoms with Crippen molar-refractivity contribution < 1.29 is 0 Å². The molecule has 1 aliphatic rings. The predicted octanol–water partition coefficient (Wildman–Crippen LogP) is 5.08. The van der Waals surface area contributed by atoms with E-state index in [0.29, 0.717) is 5.95 Å². The highest BCUT2D eigenvalue weighted by Crippen LogP contribution is 2.34. The van der Waals surface area contributed by atoms with E-state index in [2.05, 4.69) is 10.5 Å². The predicted molar refractivity (Wildman–Crippen MR) is 124 cm³/mol. The zero-order chi connectivity index (χ0) is 20.5. The lowest BCUT2D eigenvalue weighted by Crippen LogP contribution is -2.23. The molecule has 0 radical (unpaired) electrons.